The Morgan fingerprint density at radius 2 is 2.27 bits per heavy atom. The van der Waals surface area contributed by atoms with Gasteiger partial charge in [0, 0.05) is 6.07 Å². The first-order chi connectivity index (χ1) is 7.26. The molecular weight excluding hydrogens is 192 g/mol. The molecular formula is C11H12N2O2. The van der Waals surface area contributed by atoms with E-state index in [4.69, 9.17) is 4.74 Å². The number of methoxy groups -OCH3 is 1. The molecule has 0 aliphatic rings. The molecule has 2 aromatic rings. The van der Waals surface area contributed by atoms with Crippen LogP contribution in [0.4, 0.5) is 0 Å². The summed E-state index contributed by atoms with van der Waals surface area (Å²) >= 11 is 0. The van der Waals surface area contributed by atoms with E-state index in [2.05, 4.69) is 9.97 Å². The van der Waals surface area contributed by atoms with Gasteiger partial charge < -0.3 is 9.72 Å². The van der Waals surface area contributed by atoms with E-state index >= 15 is 0 Å². The highest BCUT2D eigenvalue weighted by Crippen LogP contribution is 2.22. The number of nitrogens with zero attached hydrogens (tertiary/aromatic N) is 1. The molecule has 1 N–H and O–H groups in total. The number of aromatic nitrogens is 2. The van der Waals surface area contributed by atoms with Gasteiger partial charge in [-0.2, -0.15) is 0 Å². The zero-order valence-electron chi connectivity index (χ0n) is 8.70. The predicted molar refractivity (Wildman–Crippen MR) is 58.3 cm³/mol. The molecule has 78 valence electrons. The highest BCUT2D eigenvalue weighted by molar-refractivity contribution is 5.80. The summed E-state index contributed by atoms with van der Waals surface area (Å²) in [5.74, 6) is 0.781. The SMILES string of the molecule is CCc1cc2c(=O)[nH]cnc2cc1OC. The molecule has 0 saturated heterocycles. The Labute approximate surface area is 86.9 Å². The number of hydrogen-bond donors (Lipinski definition) is 1. The molecule has 0 aliphatic carbocycles. The van der Waals surface area contributed by atoms with Crippen LogP contribution >= 0.6 is 0 Å². The number of aromatic amines is 1. The average Bonchev–Trinajstić information content (AvgIpc) is 2.28. The Balaban J connectivity index is 2.81. The molecule has 0 unspecified atom stereocenters. The average molecular weight is 204 g/mol. The molecule has 4 nitrogen and oxygen atoms in total. The van der Waals surface area contributed by atoms with Crippen LogP contribution in [0.3, 0.4) is 0 Å². The third kappa shape index (κ3) is 1.58. The number of hydrogen-bond acceptors (Lipinski definition) is 3. The molecule has 0 bridgehead atoms. The van der Waals surface area contributed by atoms with E-state index in [9.17, 15) is 4.79 Å². The largest absolute Gasteiger partial charge is 0.496 e. The van der Waals surface area contributed by atoms with E-state index < -0.39 is 0 Å². The second kappa shape index (κ2) is 3.73. The molecule has 0 amide bonds. The number of aryl methyl sites for hydroxylation is 1. The minimum Gasteiger partial charge on any atom is -0.496 e. The van der Waals surface area contributed by atoms with Crippen molar-refractivity contribution >= 4 is 10.9 Å². The number of rotatable bonds is 2. The summed E-state index contributed by atoms with van der Waals surface area (Å²) in [4.78, 5) is 18.2. The minimum atomic E-state index is -0.114. The third-order valence-corrected chi connectivity index (χ3v) is 2.42. The maximum Gasteiger partial charge on any atom is 0.258 e. The molecule has 1 aromatic heterocycles. The van der Waals surface area contributed by atoms with Crippen molar-refractivity contribution in [2.75, 3.05) is 7.11 Å². The van der Waals surface area contributed by atoms with E-state index in [0.717, 1.165) is 17.7 Å². The zero-order valence-corrected chi connectivity index (χ0v) is 8.70. The summed E-state index contributed by atoms with van der Waals surface area (Å²) in [6, 6.07) is 3.63. The molecule has 15 heavy (non-hydrogen) atoms. The smallest absolute Gasteiger partial charge is 0.258 e. The Morgan fingerprint density at radius 1 is 1.47 bits per heavy atom. The first-order valence-electron chi connectivity index (χ1n) is 4.80. The summed E-state index contributed by atoms with van der Waals surface area (Å²) in [6.07, 6.45) is 2.23. The lowest BCUT2D eigenvalue weighted by molar-refractivity contribution is 0.410. The molecule has 0 saturated carbocycles. The Kier molecular flexibility index (Phi) is 2.41. The van der Waals surface area contributed by atoms with Gasteiger partial charge in [0.05, 0.1) is 24.3 Å². The second-order valence-electron chi connectivity index (χ2n) is 3.27. The maximum atomic E-state index is 11.5. The van der Waals surface area contributed by atoms with Crippen LogP contribution in [0.15, 0.2) is 23.3 Å². The Bertz CT molecular complexity index is 546. The lowest BCUT2D eigenvalue weighted by Crippen LogP contribution is -2.07. The fourth-order valence-electron chi connectivity index (χ4n) is 1.61. The third-order valence-electron chi connectivity index (χ3n) is 2.42. The number of ether oxygens (including phenoxy) is 1. The molecule has 4 heteroatoms. The van der Waals surface area contributed by atoms with Gasteiger partial charge in [-0.1, -0.05) is 6.92 Å². The van der Waals surface area contributed by atoms with Crippen LogP contribution in [0.25, 0.3) is 10.9 Å². The molecule has 0 atom stereocenters. The molecule has 0 radical (unpaired) electrons. The van der Waals surface area contributed by atoms with E-state index in [1.807, 2.05) is 13.0 Å². The van der Waals surface area contributed by atoms with Crippen molar-refractivity contribution in [3.63, 3.8) is 0 Å². The lowest BCUT2D eigenvalue weighted by atomic mass is 10.1. The number of nitrogens with one attached hydrogen (secondary N) is 1. The van der Waals surface area contributed by atoms with E-state index in [1.165, 1.54) is 6.33 Å². The predicted octanol–water partition coefficient (Wildman–Crippen LogP) is 1.49. The normalized spacial score (nSPS) is 10.5. The van der Waals surface area contributed by atoms with Crippen molar-refractivity contribution in [3.8, 4) is 5.75 Å². The van der Waals surface area contributed by atoms with Gasteiger partial charge >= 0.3 is 0 Å². The Morgan fingerprint density at radius 3 is 2.93 bits per heavy atom. The molecule has 2 rings (SSSR count). The van der Waals surface area contributed by atoms with Crippen LogP contribution in [-0.2, 0) is 6.42 Å². The van der Waals surface area contributed by atoms with Gasteiger partial charge in [-0.15, -0.1) is 0 Å². The van der Waals surface area contributed by atoms with Crippen LogP contribution in [-0.4, -0.2) is 17.1 Å². The highest BCUT2D eigenvalue weighted by Gasteiger charge is 2.06. The summed E-state index contributed by atoms with van der Waals surface area (Å²) in [5, 5.41) is 0.607. The molecule has 0 spiro atoms. The fourth-order valence-corrected chi connectivity index (χ4v) is 1.61. The summed E-state index contributed by atoms with van der Waals surface area (Å²) in [7, 11) is 1.62. The van der Waals surface area contributed by atoms with Crippen molar-refractivity contribution in [1.82, 2.24) is 9.97 Å². The monoisotopic (exact) mass is 204 g/mol. The van der Waals surface area contributed by atoms with Gasteiger partial charge in [-0.25, -0.2) is 4.98 Å². The van der Waals surface area contributed by atoms with Gasteiger partial charge in [-0.3, -0.25) is 4.79 Å². The van der Waals surface area contributed by atoms with E-state index in [0.29, 0.717) is 10.9 Å². The van der Waals surface area contributed by atoms with Gasteiger partial charge in [0.1, 0.15) is 5.75 Å². The van der Waals surface area contributed by atoms with Crippen LogP contribution in [0.5, 0.6) is 5.75 Å². The quantitative estimate of drug-likeness (QED) is 0.806. The van der Waals surface area contributed by atoms with Crippen molar-refractivity contribution in [3.05, 3.63) is 34.4 Å². The highest BCUT2D eigenvalue weighted by atomic mass is 16.5. The fraction of sp³-hybridized carbons (Fsp3) is 0.273. The van der Waals surface area contributed by atoms with Gasteiger partial charge in [0.15, 0.2) is 0 Å². The summed E-state index contributed by atoms with van der Waals surface area (Å²) < 4.78 is 5.23. The van der Waals surface area contributed by atoms with Crippen LogP contribution in [0.1, 0.15) is 12.5 Å². The lowest BCUT2D eigenvalue weighted by Gasteiger charge is -2.07. The van der Waals surface area contributed by atoms with Gasteiger partial charge in [-0.05, 0) is 18.1 Å². The second-order valence-corrected chi connectivity index (χ2v) is 3.27. The van der Waals surface area contributed by atoms with Crippen LogP contribution in [0, 0.1) is 0 Å². The topological polar surface area (TPSA) is 55.0 Å². The van der Waals surface area contributed by atoms with E-state index in [-0.39, 0.29) is 5.56 Å². The van der Waals surface area contributed by atoms with Crippen molar-refractivity contribution in [2.24, 2.45) is 0 Å². The summed E-state index contributed by atoms with van der Waals surface area (Å²) in [6.45, 7) is 2.02. The molecule has 0 fully saturated rings. The summed E-state index contributed by atoms with van der Waals surface area (Å²) in [5.41, 5.74) is 1.56. The number of benzene rings is 1. The maximum absolute atomic E-state index is 11.5. The first-order valence-corrected chi connectivity index (χ1v) is 4.80. The zero-order chi connectivity index (χ0) is 10.8. The van der Waals surface area contributed by atoms with Crippen LogP contribution in [0.2, 0.25) is 0 Å². The van der Waals surface area contributed by atoms with Crippen molar-refractivity contribution in [1.29, 1.82) is 0 Å². The first kappa shape index (κ1) is 9.71. The minimum absolute atomic E-state index is 0.114. The van der Waals surface area contributed by atoms with E-state index in [1.54, 1.807) is 13.2 Å². The number of fused-ring (bicyclic) bond motifs is 1. The Hall–Kier alpha value is -1.84. The molecule has 1 aromatic carbocycles. The van der Waals surface area contributed by atoms with Crippen molar-refractivity contribution in [2.45, 2.75) is 13.3 Å². The molecule has 1 heterocycles. The van der Waals surface area contributed by atoms with Gasteiger partial charge in [0.25, 0.3) is 5.56 Å². The molecule has 0 aliphatic heterocycles. The number of H-pyrrole nitrogens is 1. The van der Waals surface area contributed by atoms with Gasteiger partial charge in [0.2, 0.25) is 0 Å². The standard InChI is InChI=1S/C11H12N2O2/c1-3-7-4-8-9(5-10(7)15-2)12-6-13-11(8)14/h4-6H,3H2,1-2H3,(H,12,13,14). The van der Waals surface area contributed by atoms with Crippen LogP contribution < -0.4 is 10.3 Å². The van der Waals surface area contributed by atoms with Crippen molar-refractivity contribution < 1.29 is 4.74 Å².